The summed E-state index contributed by atoms with van der Waals surface area (Å²) in [4.78, 5) is 0. The highest BCUT2D eigenvalue weighted by Crippen LogP contribution is 2.29. The van der Waals surface area contributed by atoms with Gasteiger partial charge in [0.15, 0.2) is 0 Å². The van der Waals surface area contributed by atoms with Crippen molar-refractivity contribution in [1.29, 1.82) is 0 Å². The maximum absolute atomic E-state index is 13.1. The molecule has 0 N–H and O–H groups in total. The lowest BCUT2D eigenvalue weighted by Crippen LogP contribution is -2.01. The monoisotopic (exact) mass is 240 g/mol. The summed E-state index contributed by atoms with van der Waals surface area (Å²) < 4.78 is 13.1. The molecule has 0 aliphatic heterocycles. The zero-order valence-electron chi connectivity index (χ0n) is 10.4. The smallest absolute Gasteiger partial charge is 0.123 e. The predicted octanol–water partition coefficient (Wildman–Crippen LogP) is 4.17. The first-order chi connectivity index (χ1) is 8.81. The summed E-state index contributed by atoms with van der Waals surface area (Å²) in [5.74, 6) is 0.605. The van der Waals surface area contributed by atoms with Crippen LogP contribution in [0.3, 0.4) is 0 Å². The average molecular weight is 240 g/mol. The van der Waals surface area contributed by atoms with Gasteiger partial charge in [-0.3, -0.25) is 0 Å². The summed E-state index contributed by atoms with van der Waals surface area (Å²) >= 11 is 0. The average Bonchev–Trinajstić information content (AvgIpc) is 2.79. The van der Waals surface area contributed by atoms with Crippen LogP contribution in [-0.2, 0) is 19.3 Å². The predicted molar refractivity (Wildman–Crippen MR) is 72.1 cm³/mol. The maximum Gasteiger partial charge on any atom is 0.123 e. The van der Waals surface area contributed by atoms with Crippen LogP contribution in [0.15, 0.2) is 48.5 Å². The van der Waals surface area contributed by atoms with E-state index in [0.29, 0.717) is 0 Å². The fraction of sp³-hybridized carbons (Fsp3) is 0.294. The molecule has 2 aromatic carbocycles. The Hall–Kier alpha value is -1.63. The van der Waals surface area contributed by atoms with Gasteiger partial charge < -0.3 is 0 Å². The number of fused-ring (bicyclic) bond motifs is 1. The van der Waals surface area contributed by atoms with Crippen LogP contribution in [0, 0.1) is 11.7 Å². The number of hydrogen-bond acceptors (Lipinski definition) is 0. The number of hydrogen-bond donors (Lipinski definition) is 0. The van der Waals surface area contributed by atoms with Crippen molar-refractivity contribution in [2.75, 3.05) is 0 Å². The third-order valence-electron chi connectivity index (χ3n) is 3.87. The lowest BCUT2D eigenvalue weighted by atomic mass is 9.97. The van der Waals surface area contributed by atoms with Gasteiger partial charge in [-0.2, -0.15) is 0 Å². The molecule has 18 heavy (non-hydrogen) atoms. The van der Waals surface area contributed by atoms with E-state index in [0.717, 1.165) is 24.3 Å². The van der Waals surface area contributed by atoms with Crippen molar-refractivity contribution in [3.05, 3.63) is 71.0 Å². The van der Waals surface area contributed by atoms with Crippen LogP contribution in [0.5, 0.6) is 0 Å². The van der Waals surface area contributed by atoms with Gasteiger partial charge in [-0.05, 0) is 60.4 Å². The molecule has 1 aliphatic carbocycles. The van der Waals surface area contributed by atoms with Gasteiger partial charge in [0.1, 0.15) is 5.82 Å². The number of benzene rings is 2. The van der Waals surface area contributed by atoms with Crippen LogP contribution in [0.2, 0.25) is 0 Å². The van der Waals surface area contributed by atoms with Gasteiger partial charge in [0, 0.05) is 0 Å². The molecule has 0 amide bonds. The van der Waals surface area contributed by atoms with Crippen LogP contribution in [0.1, 0.15) is 23.1 Å². The van der Waals surface area contributed by atoms with E-state index in [9.17, 15) is 4.39 Å². The van der Waals surface area contributed by atoms with Crippen LogP contribution in [0.4, 0.5) is 4.39 Å². The molecule has 92 valence electrons. The zero-order valence-corrected chi connectivity index (χ0v) is 10.4. The second-order valence-electron chi connectivity index (χ2n) is 5.21. The molecular weight excluding hydrogens is 223 g/mol. The van der Waals surface area contributed by atoms with Crippen molar-refractivity contribution in [2.24, 2.45) is 5.92 Å². The lowest BCUT2D eigenvalue weighted by Gasteiger charge is -2.08. The molecule has 1 heteroatoms. The minimum atomic E-state index is -0.123. The Morgan fingerprint density at radius 3 is 2.33 bits per heavy atom. The number of rotatable bonds is 3. The fourth-order valence-corrected chi connectivity index (χ4v) is 2.92. The molecule has 1 aliphatic rings. The summed E-state index contributed by atoms with van der Waals surface area (Å²) in [5.41, 5.74) is 4.12. The molecule has 0 heterocycles. The van der Waals surface area contributed by atoms with E-state index in [2.05, 4.69) is 24.3 Å². The molecule has 0 nitrogen and oxygen atoms in total. The Labute approximate surface area is 107 Å². The van der Waals surface area contributed by atoms with E-state index in [1.54, 1.807) is 12.1 Å². The molecule has 0 radical (unpaired) electrons. The first kappa shape index (κ1) is 11.5. The van der Waals surface area contributed by atoms with Crippen molar-refractivity contribution in [3.8, 4) is 0 Å². The van der Waals surface area contributed by atoms with Gasteiger partial charge in [-0.25, -0.2) is 4.39 Å². The van der Waals surface area contributed by atoms with Crippen molar-refractivity contribution in [1.82, 2.24) is 0 Å². The summed E-state index contributed by atoms with van der Waals surface area (Å²) in [5, 5.41) is 0. The van der Waals surface area contributed by atoms with E-state index in [1.165, 1.54) is 30.0 Å². The summed E-state index contributed by atoms with van der Waals surface area (Å²) in [7, 11) is 0. The highest BCUT2D eigenvalue weighted by atomic mass is 19.1. The van der Waals surface area contributed by atoms with E-state index in [4.69, 9.17) is 0 Å². The highest BCUT2D eigenvalue weighted by Gasteiger charge is 2.20. The molecule has 0 saturated heterocycles. The van der Waals surface area contributed by atoms with Gasteiger partial charge in [-0.15, -0.1) is 0 Å². The van der Waals surface area contributed by atoms with Crippen molar-refractivity contribution in [3.63, 3.8) is 0 Å². The summed E-state index contributed by atoms with van der Waals surface area (Å²) in [6.45, 7) is 0. The molecule has 0 fully saturated rings. The Bertz CT molecular complexity index is 520. The van der Waals surface area contributed by atoms with Gasteiger partial charge in [0.2, 0.25) is 0 Å². The zero-order chi connectivity index (χ0) is 12.4. The first-order valence-electron chi connectivity index (χ1n) is 6.62. The minimum Gasteiger partial charge on any atom is -0.207 e. The number of aryl methyl sites for hydroxylation is 1. The van der Waals surface area contributed by atoms with E-state index in [1.807, 2.05) is 6.07 Å². The van der Waals surface area contributed by atoms with Gasteiger partial charge >= 0.3 is 0 Å². The molecule has 0 saturated carbocycles. The van der Waals surface area contributed by atoms with E-state index < -0.39 is 0 Å². The molecule has 0 bridgehead atoms. The lowest BCUT2D eigenvalue weighted by molar-refractivity contribution is 0.513. The Kier molecular flexibility index (Phi) is 3.14. The minimum absolute atomic E-state index is 0.123. The quantitative estimate of drug-likeness (QED) is 0.755. The second-order valence-corrected chi connectivity index (χ2v) is 5.21. The van der Waals surface area contributed by atoms with Crippen molar-refractivity contribution in [2.45, 2.75) is 25.7 Å². The Balaban J connectivity index is 1.60. The van der Waals surface area contributed by atoms with Gasteiger partial charge in [0.25, 0.3) is 0 Å². The van der Waals surface area contributed by atoms with E-state index in [-0.39, 0.29) is 5.82 Å². The largest absolute Gasteiger partial charge is 0.207 e. The normalized spacial score (nSPS) is 14.7. The summed E-state index contributed by atoms with van der Waals surface area (Å²) in [6, 6.07) is 15.7. The Morgan fingerprint density at radius 1 is 0.944 bits per heavy atom. The third kappa shape index (κ3) is 2.45. The van der Waals surface area contributed by atoms with Crippen LogP contribution < -0.4 is 0 Å². The fourth-order valence-electron chi connectivity index (χ4n) is 2.92. The Morgan fingerprint density at radius 2 is 1.67 bits per heavy atom. The van der Waals surface area contributed by atoms with E-state index >= 15 is 0 Å². The topological polar surface area (TPSA) is 0 Å². The SMILES string of the molecule is Fc1cccc(CCC2Cc3ccccc3C2)c1. The molecular formula is C17H17F. The first-order valence-corrected chi connectivity index (χ1v) is 6.62. The molecule has 0 aromatic heterocycles. The standard InChI is InChI=1S/C17H17F/c18-17-7-3-4-13(12-17)8-9-14-10-15-5-1-2-6-16(15)11-14/h1-7,12,14H,8-11H2. The van der Waals surface area contributed by atoms with Crippen LogP contribution >= 0.6 is 0 Å². The van der Waals surface area contributed by atoms with Crippen molar-refractivity contribution < 1.29 is 4.39 Å². The highest BCUT2D eigenvalue weighted by molar-refractivity contribution is 5.32. The summed E-state index contributed by atoms with van der Waals surface area (Å²) in [6.07, 6.45) is 4.51. The van der Waals surface area contributed by atoms with Crippen LogP contribution in [-0.4, -0.2) is 0 Å². The maximum atomic E-state index is 13.1. The van der Waals surface area contributed by atoms with Gasteiger partial charge in [-0.1, -0.05) is 36.4 Å². The molecule has 0 unspecified atom stereocenters. The van der Waals surface area contributed by atoms with Gasteiger partial charge in [0.05, 0.1) is 0 Å². The second kappa shape index (κ2) is 4.93. The third-order valence-corrected chi connectivity index (χ3v) is 3.87. The van der Waals surface area contributed by atoms with Crippen molar-refractivity contribution >= 4 is 0 Å². The molecule has 0 spiro atoms. The molecule has 2 aromatic rings. The molecule has 0 atom stereocenters. The molecule has 3 rings (SSSR count). The number of halogens is 1. The van der Waals surface area contributed by atoms with Crippen LogP contribution in [0.25, 0.3) is 0 Å².